The molecule has 0 aromatic heterocycles. The zero-order valence-electron chi connectivity index (χ0n) is 13.3. The van der Waals surface area contributed by atoms with Crippen LogP contribution < -0.4 is 0 Å². The van der Waals surface area contributed by atoms with Crippen LogP contribution in [0.15, 0.2) is 35.4 Å². The van der Waals surface area contributed by atoms with Gasteiger partial charge in [-0.05, 0) is 12.6 Å². The summed E-state index contributed by atoms with van der Waals surface area (Å²) in [5, 5.41) is 5.65. The second-order valence-corrected chi connectivity index (χ2v) is 5.85. The molecule has 1 aromatic rings. The predicted octanol–water partition coefficient (Wildman–Crippen LogP) is 1.51. The second-order valence-electron chi connectivity index (χ2n) is 5.85. The third kappa shape index (κ3) is 4.92. The number of rotatable bonds is 4. The average molecular weight is 339 g/mol. The van der Waals surface area contributed by atoms with Gasteiger partial charge in [-0.25, -0.2) is 4.79 Å². The molecule has 2 saturated heterocycles. The van der Waals surface area contributed by atoms with Crippen molar-refractivity contribution in [2.24, 2.45) is 5.10 Å². The zero-order valence-corrected chi connectivity index (χ0v) is 14.1. The molecule has 0 N–H and O–H groups in total. The van der Waals surface area contributed by atoms with Crippen LogP contribution in [-0.2, 0) is 4.74 Å². The molecule has 1 aromatic carbocycles. The Morgan fingerprint density at radius 1 is 1.22 bits per heavy atom. The van der Waals surface area contributed by atoms with Crippen LogP contribution in [0.25, 0.3) is 0 Å². The molecule has 0 aliphatic carbocycles. The maximum absolute atomic E-state index is 11.9. The maximum atomic E-state index is 11.9. The topological polar surface area (TPSA) is 48.4 Å². The molecule has 1 unspecified atom stereocenters. The quantitative estimate of drug-likeness (QED) is 0.781. The number of likely N-dealkylation sites (N-methyl/N-ethyl adjacent to an activating group) is 1. The summed E-state index contributed by atoms with van der Waals surface area (Å²) in [4.78, 5) is 16.5. The Hall–Kier alpha value is -1.63. The van der Waals surface area contributed by atoms with E-state index >= 15 is 0 Å². The highest BCUT2D eigenvalue weighted by molar-refractivity contribution is 5.85. The van der Waals surface area contributed by atoms with E-state index in [-0.39, 0.29) is 24.6 Å². The number of nitrogens with zero attached hydrogens (tertiary/aromatic N) is 4. The summed E-state index contributed by atoms with van der Waals surface area (Å²) < 4.78 is 5.41. The Labute approximate surface area is 143 Å². The van der Waals surface area contributed by atoms with E-state index in [2.05, 4.69) is 21.9 Å². The first-order valence-electron chi connectivity index (χ1n) is 7.69. The molecule has 0 bridgehead atoms. The van der Waals surface area contributed by atoms with Crippen molar-refractivity contribution in [1.29, 1.82) is 0 Å². The van der Waals surface area contributed by atoms with Gasteiger partial charge in [-0.1, -0.05) is 30.3 Å². The highest BCUT2D eigenvalue weighted by atomic mass is 35.5. The lowest BCUT2D eigenvalue weighted by Gasteiger charge is -2.33. The molecule has 2 aliphatic rings. The fourth-order valence-corrected chi connectivity index (χ4v) is 2.69. The fraction of sp³-hybridized carbons (Fsp3) is 0.500. The fourth-order valence-electron chi connectivity index (χ4n) is 2.69. The smallest absolute Gasteiger partial charge is 0.430 e. The predicted molar refractivity (Wildman–Crippen MR) is 92.2 cm³/mol. The summed E-state index contributed by atoms with van der Waals surface area (Å²) in [6.07, 6.45) is 1.24. The molecule has 126 valence electrons. The molecule has 7 heteroatoms. The number of hydrogen-bond donors (Lipinski definition) is 0. The van der Waals surface area contributed by atoms with Crippen LogP contribution in [-0.4, -0.2) is 79.5 Å². The van der Waals surface area contributed by atoms with Crippen LogP contribution in [0, 0.1) is 0 Å². The second kappa shape index (κ2) is 8.29. The Morgan fingerprint density at radius 3 is 2.61 bits per heavy atom. The number of hydrogen-bond acceptors (Lipinski definition) is 5. The summed E-state index contributed by atoms with van der Waals surface area (Å²) >= 11 is 0. The largest absolute Gasteiger partial charge is 0.441 e. The highest BCUT2D eigenvalue weighted by Gasteiger charge is 2.32. The van der Waals surface area contributed by atoms with Crippen molar-refractivity contribution in [3.8, 4) is 0 Å². The van der Waals surface area contributed by atoms with E-state index in [4.69, 9.17) is 4.74 Å². The Balaban J connectivity index is 0.00000192. The molecule has 0 saturated carbocycles. The monoisotopic (exact) mass is 338 g/mol. The number of ether oxygens (including phenoxy) is 1. The molecule has 0 spiro atoms. The number of piperazine rings is 1. The first-order chi connectivity index (χ1) is 10.7. The van der Waals surface area contributed by atoms with E-state index in [1.165, 1.54) is 5.01 Å². The number of halogens is 1. The normalized spacial score (nSPS) is 23.1. The molecule has 3 rings (SSSR count). The van der Waals surface area contributed by atoms with Crippen LogP contribution in [0.4, 0.5) is 4.79 Å². The SMILES string of the molecule is CN1CCN(CC2CN(N=Cc3ccccc3)C(=O)O2)CC1.Cl. The maximum Gasteiger partial charge on any atom is 0.430 e. The average Bonchev–Trinajstić information content (AvgIpc) is 2.88. The molecule has 6 nitrogen and oxygen atoms in total. The van der Waals surface area contributed by atoms with Crippen molar-refractivity contribution in [2.75, 3.05) is 46.3 Å². The highest BCUT2D eigenvalue weighted by Crippen LogP contribution is 2.14. The Bertz CT molecular complexity index is 532. The van der Waals surface area contributed by atoms with Crippen molar-refractivity contribution in [1.82, 2.24) is 14.8 Å². The van der Waals surface area contributed by atoms with Gasteiger partial charge in [0, 0.05) is 32.7 Å². The number of amides is 1. The van der Waals surface area contributed by atoms with Gasteiger partial charge in [0.25, 0.3) is 0 Å². The summed E-state index contributed by atoms with van der Waals surface area (Å²) in [6.45, 7) is 5.49. The van der Waals surface area contributed by atoms with E-state index in [1.54, 1.807) is 6.21 Å². The van der Waals surface area contributed by atoms with Gasteiger partial charge in [0.05, 0.1) is 12.8 Å². The van der Waals surface area contributed by atoms with Gasteiger partial charge < -0.3 is 9.64 Å². The van der Waals surface area contributed by atoms with Gasteiger partial charge in [-0.3, -0.25) is 4.90 Å². The minimum Gasteiger partial charge on any atom is -0.441 e. The summed E-state index contributed by atoms with van der Waals surface area (Å²) in [7, 11) is 2.13. The lowest BCUT2D eigenvalue weighted by atomic mass is 10.2. The number of carbonyl (C=O) groups is 1. The first kappa shape index (κ1) is 17.7. The van der Waals surface area contributed by atoms with Gasteiger partial charge >= 0.3 is 6.09 Å². The summed E-state index contributed by atoms with van der Waals surface area (Å²) in [5.74, 6) is 0. The Kier molecular flexibility index (Phi) is 6.38. The molecule has 23 heavy (non-hydrogen) atoms. The summed E-state index contributed by atoms with van der Waals surface area (Å²) in [5.41, 5.74) is 0.970. The van der Waals surface area contributed by atoms with Crippen LogP contribution in [0.3, 0.4) is 0 Å². The molecule has 1 atom stereocenters. The van der Waals surface area contributed by atoms with E-state index in [9.17, 15) is 4.79 Å². The van der Waals surface area contributed by atoms with E-state index in [1.807, 2.05) is 30.3 Å². The molecular formula is C16H23ClN4O2. The minimum absolute atomic E-state index is 0. The van der Waals surface area contributed by atoms with Crippen LogP contribution in [0.1, 0.15) is 5.56 Å². The molecule has 1 amide bonds. The molecule has 2 aliphatic heterocycles. The van der Waals surface area contributed by atoms with Gasteiger partial charge in [-0.2, -0.15) is 10.1 Å². The first-order valence-corrected chi connectivity index (χ1v) is 7.69. The number of carbonyl (C=O) groups excluding carboxylic acids is 1. The van der Waals surface area contributed by atoms with Crippen molar-refractivity contribution in [3.05, 3.63) is 35.9 Å². The van der Waals surface area contributed by atoms with Crippen molar-refractivity contribution >= 4 is 24.7 Å². The van der Waals surface area contributed by atoms with Gasteiger partial charge in [-0.15, -0.1) is 12.4 Å². The number of hydrazone groups is 1. The molecule has 0 radical (unpaired) electrons. The molecule has 2 fully saturated rings. The van der Waals surface area contributed by atoms with Crippen molar-refractivity contribution < 1.29 is 9.53 Å². The van der Waals surface area contributed by atoms with Gasteiger partial charge in [0.15, 0.2) is 0 Å². The van der Waals surface area contributed by atoms with Crippen LogP contribution in [0.5, 0.6) is 0 Å². The van der Waals surface area contributed by atoms with Crippen molar-refractivity contribution in [2.45, 2.75) is 6.10 Å². The Morgan fingerprint density at radius 2 is 1.91 bits per heavy atom. The number of benzene rings is 1. The number of cyclic esters (lactones) is 1. The standard InChI is InChI=1S/C16H22N4O2.ClH/c1-18-7-9-19(10-8-18)12-15-13-20(16(21)22-15)17-11-14-5-3-2-4-6-14;/h2-6,11,15H,7-10,12-13H2,1H3;1H. The molecular weight excluding hydrogens is 316 g/mol. The van der Waals surface area contributed by atoms with E-state index in [0.29, 0.717) is 6.54 Å². The molecule has 2 heterocycles. The lowest BCUT2D eigenvalue weighted by Crippen LogP contribution is -2.47. The zero-order chi connectivity index (χ0) is 15.4. The van der Waals surface area contributed by atoms with Gasteiger partial charge in [0.1, 0.15) is 6.10 Å². The van der Waals surface area contributed by atoms with Crippen LogP contribution in [0.2, 0.25) is 0 Å². The van der Waals surface area contributed by atoms with Gasteiger partial charge in [0.2, 0.25) is 0 Å². The summed E-state index contributed by atoms with van der Waals surface area (Å²) in [6, 6.07) is 9.74. The minimum atomic E-state index is -0.355. The third-order valence-electron chi connectivity index (χ3n) is 4.06. The van der Waals surface area contributed by atoms with Crippen LogP contribution >= 0.6 is 12.4 Å². The van der Waals surface area contributed by atoms with Crippen molar-refractivity contribution in [3.63, 3.8) is 0 Å². The van der Waals surface area contributed by atoms with E-state index in [0.717, 1.165) is 38.3 Å². The third-order valence-corrected chi connectivity index (χ3v) is 4.06. The lowest BCUT2D eigenvalue weighted by molar-refractivity contribution is 0.0835. The van der Waals surface area contributed by atoms with E-state index < -0.39 is 0 Å².